The molecule has 2 saturated heterocycles. The number of nitrogens with two attached hydrogens (primary N) is 2. The quantitative estimate of drug-likeness (QED) is 0.0410. The van der Waals surface area contributed by atoms with E-state index in [0.717, 1.165) is 24.3 Å². The molecule has 6 rings (SSSR count). The number of anilines is 2. The van der Waals surface area contributed by atoms with Crippen molar-refractivity contribution in [2.24, 2.45) is 7.05 Å². The first-order valence-electron chi connectivity index (χ1n) is 15.3. The van der Waals surface area contributed by atoms with Crippen molar-refractivity contribution in [2.75, 3.05) is 31.8 Å². The number of hydrogen-bond acceptors (Lipinski definition) is 22. The molecule has 11 atom stereocenters. The van der Waals surface area contributed by atoms with Gasteiger partial charge in [0.15, 0.2) is 24.0 Å². The summed E-state index contributed by atoms with van der Waals surface area (Å²) in [6.07, 6.45) is -9.60. The van der Waals surface area contributed by atoms with Gasteiger partial charge in [-0.1, -0.05) is 4.98 Å². The van der Waals surface area contributed by atoms with Crippen molar-refractivity contribution in [2.45, 2.75) is 49.1 Å². The van der Waals surface area contributed by atoms with E-state index in [1.54, 1.807) is 0 Å². The maximum Gasteiger partial charge on any atom is 0.487 e. The van der Waals surface area contributed by atoms with Crippen LogP contribution in [0, 0.1) is 0 Å². The first kappa shape index (κ1) is 42.4. The van der Waals surface area contributed by atoms with Gasteiger partial charge in [-0.2, -0.15) is 4.31 Å². The number of aromatic nitrogens is 8. The lowest BCUT2D eigenvalue weighted by atomic mass is 10.1. The maximum absolute atomic E-state index is 12.7. The first-order valence-corrected chi connectivity index (χ1v) is 21.3. The number of H-pyrrole nitrogens is 1. The Morgan fingerprint density at radius 2 is 1.66 bits per heavy atom. The van der Waals surface area contributed by atoms with E-state index < -0.39 is 99.1 Å². The molecule has 0 amide bonds. The average molecular weight is 880 g/mol. The number of phosphoric acid groups is 4. The molecule has 0 radical (unpaired) electrons. The van der Waals surface area contributed by atoms with Crippen molar-refractivity contribution in [1.29, 1.82) is 0 Å². The molecule has 11 N–H and O–H groups in total. The number of nitrogen functional groups attached to an aromatic ring is 2. The summed E-state index contributed by atoms with van der Waals surface area (Å²) in [5.41, 5.74) is 10.8. The molecule has 30 nitrogen and oxygen atoms in total. The van der Waals surface area contributed by atoms with E-state index in [0.29, 0.717) is 0 Å². The normalized spacial score (nSPS) is 29.1. The molecule has 56 heavy (non-hydrogen) atoms. The number of rotatable bonds is 15. The molecule has 0 saturated carbocycles. The number of aliphatic hydroxyl groups excluding tert-OH is 2. The van der Waals surface area contributed by atoms with Crippen LogP contribution in [0.15, 0.2) is 23.8 Å². The zero-order valence-electron chi connectivity index (χ0n) is 28.2. The number of aromatic amines is 1. The van der Waals surface area contributed by atoms with Crippen molar-refractivity contribution in [3.05, 3.63) is 29.3 Å². The second-order valence-corrected chi connectivity index (χ2v) is 17.6. The van der Waals surface area contributed by atoms with Crippen molar-refractivity contribution >= 4 is 65.4 Å². The van der Waals surface area contributed by atoms with Gasteiger partial charge in [-0.05, 0) is 0 Å². The molecule has 34 heteroatoms. The topological polar surface area (TPSA) is 437 Å². The van der Waals surface area contributed by atoms with E-state index in [1.165, 1.54) is 22.5 Å². The smallest absolute Gasteiger partial charge is 0.487 e. The van der Waals surface area contributed by atoms with Crippen LogP contribution in [0.2, 0.25) is 0 Å². The van der Waals surface area contributed by atoms with Gasteiger partial charge in [0.2, 0.25) is 11.7 Å². The van der Waals surface area contributed by atoms with E-state index in [1.807, 2.05) is 0 Å². The molecule has 2 fully saturated rings. The SMILES string of the molecule is CO[C@@H]1[C@H](OP(=O)(O)O)[C@@H](COP(=O)(O)OP(=O)(O)OP(=O)([O-])OC[C@H]2O[C@@H]([n+]3cn(C)c4c(=O)[nH]c(N)nc43)[C@H](O)[C@@H]2O)O[C@H]1n1cnc2c(N)ncnc21. The average Bonchev–Trinajstić information content (AvgIpc) is 3.80. The van der Waals surface area contributed by atoms with Crippen LogP contribution in [-0.2, 0) is 61.7 Å². The Hall–Kier alpha value is -3.18. The molecule has 4 aromatic heterocycles. The van der Waals surface area contributed by atoms with Crippen LogP contribution in [-0.4, -0.2) is 121 Å². The van der Waals surface area contributed by atoms with E-state index in [9.17, 15) is 57.7 Å². The third kappa shape index (κ3) is 8.93. The van der Waals surface area contributed by atoms with Crippen LogP contribution < -0.4 is 26.5 Å². The summed E-state index contributed by atoms with van der Waals surface area (Å²) in [6.45, 7) is -2.35. The number of imidazole rings is 2. The minimum Gasteiger partial charge on any atom is -0.756 e. The van der Waals surface area contributed by atoms with Crippen LogP contribution in [0.25, 0.3) is 22.3 Å². The molecule has 310 valence electrons. The molecule has 0 spiro atoms. The lowest BCUT2D eigenvalue weighted by Crippen LogP contribution is -2.46. The van der Waals surface area contributed by atoms with Crippen molar-refractivity contribution in [3.8, 4) is 0 Å². The molecule has 0 aromatic carbocycles. The monoisotopic (exact) mass is 880 g/mol. The maximum atomic E-state index is 12.7. The van der Waals surface area contributed by atoms with E-state index >= 15 is 0 Å². The second kappa shape index (κ2) is 15.5. The van der Waals surface area contributed by atoms with E-state index in [2.05, 4.69) is 42.6 Å². The third-order valence-corrected chi connectivity index (χ3v) is 12.8. The number of aryl methyl sites for hydroxylation is 1. The largest absolute Gasteiger partial charge is 0.756 e. The van der Waals surface area contributed by atoms with Gasteiger partial charge in [0.25, 0.3) is 19.3 Å². The van der Waals surface area contributed by atoms with Gasteiger partial charge in [0, 0.05) is 7.11 Å². The molecular formula is C22H32N10O20P4. The van der Waals surface area contributed by atoms with Gasteiger partial charge in [-0.3, -0.25) is 32.5 Å². The van der Waals surface area contributed by atoms with Crippen LogP contribution in [0.4, 0.5) is 11.8 Å². The minimum atomic E-state index is -6.14. The Balaban J connectivity index is 1.09. The van der Waals surface area contributed by atoms with Gasteiger partial charge in [0.05, 0.1) is 26.6 Å². The Morgan fingerprint density at radius 3 is 2.34 bits per heavy atom. The van der Waals surface area contributed by atoms with Crippen LogP contribution >= 0.6 is 31.3 Å². The van der Waals surface area contributed by atoms with E-state index in [-0.39, 0.29) is 34.1 Å². The zero-order valence-corrected chi connectivity index (χ0v) is 31.8. The van der Waals surface area contributed by atoms with Crippen LogP contribution in [0.3, 0.4) is 0 Å². The van der Waals surface area contributed by atoms with Gasteiger partial charge >= 0.3 is 29.1 Å². The number of nitrogens with one attached hydrogen (secondary N) is 1. The molecule has 3 unspecified atom stereocenters. The number of methoxy groups -OCH3 is 1. The van der Waals surface area contributed by atoms with Crippen molar-refractivity contribution in [1.82, 2.24) is 34.1 Å². The molecular weight excluding hydrogens is 848 g/mol. The Labute approximate surface area is 310 Å². The number of fused-ring (bicyclic) bond motifs is 2. The molecule has 2 aliphatic rings. The second-order valence-electron chi connectivity index (χ2n) is 11.9. The molecule has 0 aliphatic carbocycles. The van der Waals surface area contributed by atoms with Gasteiger partial charge in [-0.15, -0.1) is 0 Å². The fraction of sp³-hybridized carbons (Fsp3) is 0.545. The third-order valence-electron chi connectivity index (χ3n) is 8.09. The number of ether oxygens (including phenoxy) is 3. The van der Waals surface area contributed by atoms with Crippen molar-refractivity contribution in [3.63, 3.8) is 0 Å². The fourth-order valence-corrected chi connectivity index (χ4v) is 9.92. The highest BCUT2D eigenvalue weighted by Crippen LogP contribution is 2.66. The summed E-state index contributed by atoms with van der Waals surface area (Å²) in [5, 5.41) is 21.2. The predicted octanol–water partition coefficient (Wildman–Crippen LogP) is -3.70. The molecule has 6 heterocycles. The summed E-state index contributed by atoms with van der Waals surface area (Å²) in [5.74, 6) is -0.337. The van der Waals surface area contributed by atoms with E-state index in [4.69, 9.17) is 30.2 Å². The van der Waals surface area contributed by atoms with Gasteiger partial charge < -0.3 is 64.9 Å². The summed E-state index contributed by atoms with van der Waals surface area (Å²) < 4.78 is 91.8. The molecule has 0 bridgehead atoms. The lowest BCUT2D eigenvalue weighted by molar-refractivity contribution is -0.745. The lowest BCUT2D eigenvalue weighted by Gasteiger charge is -2.27. The molecule has 2 aliphatic heterocycles. The summed E-state index contributed by atoms with van der Waals surface area (Å²) >= 11 is 0. The predicted molar refractivity (Wildman–Crippen MR) is 175 cm³/mol. The highest BCUT2D eigenvalue weighted by molar-refractivity contribution is 7.66. The summed E-state index contributed by atoms with van der Waals surface area (Å²) in [7, 11) is -20.7. The zero-order chi connectivity index (χ0) is 41.1. The Morgan fingerprint density at radius 1 is 0.964 bits per heavy atom. The number of nitrogens with zero attached hydrogens (tertiary/aromatic N) is 7. The number of aliphatic hydroxyl groups is 2. The fourth-order valence-electron chi connectivity index (χ4n) is 5.86. The number of hydrogen-bond donors (Lipinski definition) is 9. The highest BCUT2D eigenvalue weighted by atomic mass is 31.3. The minimum absolute atomic E-state index is 0.0105. The Bertz CT molecular complexity index is 2370. The number of phosphoric ester groups is 3. The Kier molecular flexibility index (Phi) is 11.8. The first-order chi connectivity index (χ1) is 26.0. The van der Waals surface area contributed by atoms with Crippen LogP contribution in [0.5, 0.6) is 0 Å². The summed E-state index contributed by atoms with van der Waals surface area (Å²) in [4.78, 5) is 82.3. The standard InChI is InChI=1S/C22H32N10O20P4/c1-30-7-32(18-11(30)19(35)29-22(24)28-18)20-13(34)12(33)8(48-20)3-46-54(39,40)51-56(43,44)52-55(41,42)47-4-9-14(50-53(36,37)38)15(45-2)21(49-9)31-6-27-10-16(23)25-5-26-17(10)31/h5-9,12-15,20-21,33-34H,3-4H2,1-2H3,(H9-,23,24,25,26,28,29,35,36,37,38,39,40,41,42,43,44)/t8-,9-,12-,13-,14-,15-,20-,21-/m1/s1. The highest BCUT2D eigenvalue weighted by Gasteiger charge is 2.52. The van der Waals surface area contributed by atoms with Crippen LogP contribution in [0.1, 0.15) is 12.5 Å². The van der Waals surface area contributed by atoms with Gasteiger partial charge in [-0.25, -0.2) is 37.5 Å². The summed E-state index contributed by atoms with van der Waals surface area (Å²) in [6, 6.07) is 0. The molecule has 4 aromatic rings. The van der Waals surface area contributed by atoms with Crippen molar-refractivity contribution < 1.29 is 93.9 Å². The van der Waals surface area contributed by atoms with Gasteiger partial charge in [0.1, 0.15) is 48.5 Å².